The van der Waals surface area contributed by atoms with Crippen molar-refractivity contribution in [3.05, 3.63) is 59.7 Å². The van der Waals surface area contributed by atoms with E-state index in [-0.39, 0.29) is 18.3 Å². The molecule has 8 nitrogen and oxygen atoms in total. The lowest BCUT2D eigenvalue weighted by atomic mass is 10.1. The maximum absolute atomic E-state index is 12.3. The molecule has 3 aromatic rings. The Kier molecular flexibility index (Phi) is 5.01. The Morgan fingerprint density at radius 1 is 1.22 bits per heavy atom. The number of Topliss-reactive ketones (excluding diaryl/α,β-unsaturated/α-hetero) is 1. The van der Waals surface area contributed by atoms with Crippen LogP contribution in [-0.2, 0) is 0 Å². The maximum atomic E-state index is 12.3. The van der Waals surface area contributed by atoms with Crippen molar-refractivity contribution in [3.8, 4) is 11.5 Å². The molecule has 0 fully saturated rings. The van der Waals surface area contributed by atoms with Crippen LogP contribution in [0.15, 0.2) is 58.8 Å². The minimum Gasteiger partial charge on any atom is -0.454 e. The van der Waals surface area contributed by atoms with E-state index in [1.165, 1.54) is 11.8 Å². The fourth-order valence-electron chi connectivity index (χ4n) is 2.35. The molecule has 4 rings (SSSR count). The monoisotopic (exact) mass is 381 g/mol. The van der Waals surface area contributed by atoms with Crippen molar-refractivity contribution in [2.45, 2.75) is 5.16 Å². The number of H-pyrrole nitrogens is 1. The first-order chi connectivity index (χ1) is 13.3. The topological polar surface area (TPSA) is 101 Å². The molecule has 1 aliphatic rings. The van der Waals surface area contributed by atoms with Gasteiger partial charge in [0, 0.05) is 5.56 Å². The van der Waals surface area contributed by atoms with Gasteiger partial charge in [0.05, 0.1) is 12.0 Å². The number of benzene rings is 2. The fraction of sp³-hybridized carbons (Fsp3) is 0.111. The summed E-state index contributed by atoms with van der Waals surface area (Å²) >= 11 is 1.24. The molecule has 2 N–H and O–H groups in total. The van der Waals surface area contributed by atoms with Crippen LogP contribution >= 0.6 is 11.8 Å². The maximum Gasteiger partial charge on any atom is 0.240 e. The number of aromatic amines is 1. The molecule has 0 unspecified atom stereocenters. The van der Waals surface area contributed by atoms with Gasteiger partial charge in [-0.15, -0.1) is 5.10 Å². The Morgan fingerprint density at radius 3 is 2.96 bits per heavy atom. The zero-order chi connectivity index (χ0) is 18.5. The van der Waals surface area contributed by atoms with Gasteiger partial charge in [-0.05, 0) is 23.8 Å². The van der Waals surface area contributed by atoms with Gasteiger partial charge in [-0.1, -0.05) is 42.1 Å². The molecule has 1 aromatic heterocycles. The number of thioether (sulfide) groups is 1. The van der Waals surface area contributed by atoms with Crippen LogP contribution < -0.4 is 14.9 Å². The Bertz CT molecular complexity index is 974. The summed E-state index contributed by atoms with van der Waals surface area (Å²) in [6.45, 7) is 0.182. The number of nitrogens with zero attached hydrogens (tertiary/aromatic N) is 3. The predicted molar refractivity (Wildman–Crippen MR) is 102 cm³/mol. The number of carbonyl (C=O) groups is 1. The summed E-state index contributed by atoms with van der Waals surface area (Å²) in [6.07, 6.45) is 1.68. The molecule has 0 saturated heterocycles. The van der Waals surface area contributed by atoms with E-state index in [9.17, 15) is 4.79 Å². The van der Waals surface area contributed by atoms with Gasteiger partial charge in [0.2, 0.25) is 17.9 Å². The van der Waals surface area contributed by atoms with E-state index in [4.69, 9.17) is 9.47 Å². The van der Waals surface area contributed by atoms with Crippen molar-refractivity contribution in [2.24, 2.45) is 5.10 Å². The van der Waals surface area contributed by atoms with Gasteiger partial charge >= 0.3 is 0 Å². The third kappa shape index (κ3) is 4.26. The molecule has 136 valence electrons. The number of anilines is 1. The second kappa shape index (κ2) is 7.92. The SMILES string of the molecule is O=C(CSc1n[nH]c(N/N=C\c2ccccc2)n1)c1ccc2c(c1)OCO2. The highest BCUT2D eigenvalue weighted by molar-refractivity contribution is 7.99. The van der Waals surface area contributed by atoms with Crippen LogP contribution in [0.3, 0.4) is 0 Å². The van der Waals surface area contributed by atoms with Crippen LogP contribution in [0.5, 0.6) is 11.5 Å². The van der Waals surface area contributed by atoms with E-state index < -0.39 is 0 Å². The standard InChI is InChI=1S/C18H15N5O3S/c24-14(13-6-7-15-16(8-13)26-11-25-15)10-27-18-20-17(22-23-18)21-19-9-12-4-2-1-3-5-12/h1-9H,10-11H2,(H2,20,21,22,23)/b19-9-. The second-order valence-electron chi connectivity index (χ2n) is 5.53. The van der Waals surface area contributed by atoms with Gasteiger partial charge in [0.15, 0.2) is 17.3 Å². The summed E-state index contributed by atoms with van der Waals surface area (Å²) in [5.41, 5.74) is 4.30. The quantitative estimate of drug-likeness (QED) is 0.281. The van der Waals surface area contributed by atoms with E-state index in [1.54, 1.807) is 24.4 Å². The molecule has 0 bridgehead atoms. The number of hydrogen-bond acceptors (Lipinski definition) is 8. The van der Waals surface area contributed by atoms with Crippen molar-refractivity contribution in [1.29, 1.82) is 0 Å². The Morgan fingerprint density at radius 2 is 2.07 bits per heavy atom. The van der Waals surface area contributed by atoms with Crippen molar-refractivity contribution in [3.63, 3.8) is 0 Å². The molecule has 0 aliphatic carbocycles. The number of aromatic nitrogens is 3. The lowest BCUT2D eigenvalue weighted by Gasteiger charge is -2.01. The van der Waals surface area contributed by atoms with Crippen LogP contribution in [0.2, 0.25) is 0 Å². The largest absolute Gasteiger partial charge is 0.454 e. The number of nitrogens with one attached hydrogen (secondary N) is 2. The first-order valence-electron chi connectivity index (χ1n) is 8.10. The molecule has 0 amide bonds. The number of hydrazone groups is 1. The highest BCUT2D eigenvalue weighted by Gasteiger charge is 2.16. The first-order valence-corrected chi connectivity index (χ1v) is 9.09. The summed E-state index contributed by atoms with van der Waals surface area (Å²) in [5, 5.41) is 11.3. The Balaban J connectivity index is 1.30. The molecule has 27 heavy (non-hydrogen) atoms. The molecule has 9 heteroatoms. The molecule has 2 aromatic carbocycles. The number of fused-ring (bicyclic) bond motifs is 1. The summed E-state index contributed by atoms with van der Waals surface area (Å²) in [4.78, 5) is 16.6. The highest BCUT2D eigenvalue weighted by atomic mass is 32.2. The molecule has 0 atom stereocenters. The van der Waals surface area contributed by atoms with Crippen molar-refractivity contribution in [2.75, 3.05) is 18.0 Å². The molecule has 0 spiro atoms. The lowest BCUT2D eigenvalue weighted by Crippen LogP contribution is -2.02. The van der Waals surface area contributed by atoms with E-state index >= 15 is 0 Å². The number of hydrogen-bond donors (Lipinski definition) is 2. The van der Waals surface area contributed by atoms with E-state index in [0.717, 1.165) is 5.56 Å². The third-order valence-corrected chi connectivity index (χ3v) is 4.52. The molecule has 0 radical (unpaired) electrons. The minimum absolute atomic E-state index is 0.0419. The van der Waals surface area contributed by atoms with Gasteiger partial charge in [-0.2, -0.15) is 10.1 Å². The van der Waals surface area contributed by atoms with Crippen LogP contribution in [0.1, 0.15) is 15.9 Å². The number of carbonyl (C=O) groups excluding carboxylic acids is 1. The smallest absolute Gasteiger partial charge is 0.240 e. The summed E-state index contributed by atoms with van der Waals surface area (Å²) in [6, 6.07) is 14.8. The van der Waals surface area contributed by atoms with Crippen molar-refractivity contribution >= 4 is 29.7 Å². The second-order valence-corrected chi connectivity index (χ2v) is 6.47. The normalized spacial score (nSPS) is 12.4. The van der Waals surface area contributed by atoms with E-state index in [0.29, 0.717) is 28.2 Å². The summed E-state index contributed by atoms with van der Waals surface area (Å²) in [7, 11) is 0. The van der Waals surface area contributed by atoms with Gasteiger partial charge in [-0.3, -0.25) is 4.79 Å². The van der Waals surface area contributed by atoms with Crippen molar-refractivity contribution < 1.29 is 14.3 Å². The molecule has 0 saturated carbocycles. The van der Waals surface area contributed by atoms with Gasteiger partial charge < -0.3 is 9.47 Å². The third-order valence-electron chi connectivity index (χ3n) is 3.68. The molecular weight excluding hydrogens is 366 g/mol. The molecular formula is C18H15N5O3S. The molecule has 1 aliphatic heterocycles. The van der Waals surface area contributed by atoms with E-state index in [1.807, 2.05) is 30.3 Å². The minimum atomic E-state index is -0.0419. The molecule has 2 heterocycles. The van der Waals surface area contributed by atoms with Crippen LogP contribution in [0, 0.1) is 0 Å². The zero-order valence-corrected chi connectivity index (χ0v) is 14.9. The van der Waals surface area contributed by atoms with Crippen LogP contribution in [0.4, 0.5) is 5.95 Å². The van der Waals surface area contributed by atoms with Crippen molar-refractivity contribution in [1.82, 2.24) is 15.2 Å². The first kappa shape index (κ1) is 17.1. The Hall–Kier alpha value is -3.33. The van der Waals surface area contributed by atoms with Gasteiger partial charge in [0.1, 0.15) is 0 Å². The zero-order valence-electron chi connectivity index (χ0n) is 14.1. The average molecular weight is 381 g/mol. The Labute approximate surface area is 159 Å². The van der Waals surface area contributed by atoms with E-state index in [2.05, 4.69) is 25.7 Å². The fourth-order valence-corrected chi connectivity index (χ4v) is 3.04. The highest BCUT2D eigenvalue weighted by Crippen LogP contribution is 2.33. The van der Waals surface area contributed by atoms with Gasteiger partial charge in [-0.25, -0.2) is 10.5 Å². The summed E-state index contributed by atoms with van der Waals surface area (Å²) in [5.74, 6) is 1.82. The number of ketones is 1. The van der Waals surface area contributed by atoms with Gasteiger partial charge in [0.25, 0.3) is 0 Å². The lowest BCUT2D eigenvalue weighted by molar-refractivity contribution is 0.102. The van der Waals surface area contributed by atoms with Crippen LogP contribution in [0.25, 0.3) is 0 Å². The number of rotatable bonds is 7. The predicted octanol–water partition coefficient (Wildman–Crippen LogP) is 2.95. The average Bonchev–Trinajstić information content (AvgIpc) is 3.35. The van der Waals surface area contributed by atoms with Crippen LogP contribution in [-0.4, -0.2) is 39.7 Å². The number of ether oxygens (including phenoxy) is 2. The summed E-state index contributed by atoms with van der Waals surface area (Å²) < 4.78 is 10.5.